The van der Waals surface area contributed by atoms with Gasteiger partial charge in [0.2, 0.25) is 5.91 Å². The predicted octanol–water partition coefficient (Wildman–Crippen LogP) is 6.31. The molecule has 7 rings (SSSR count). The molecule has 266 valence electrons. The summed E-state index contributed by atoms with van der Waals surface area (Å²) in [6, 6.07) is 8.70. The molecule has 3 saturated heterocycles. The highest BCUT2D eigenvalue weighted by molar-refractivity contribution is 6.31. The number of benzene rings is 2. The maximum atomic E-state index is 15.0. The minimum atomic E-state index is -0.829. The first-order valence-corrected chi connectivity index (χ1v) is 17.7. The Labute approximate surface area is 296 Å². The van der Waals surface area contributed by atoms with Gasteiger partial charge in [0.05, 0.1) is 36.8 Å². The zero-order valence-electron chi connectivity index (χ0n) is 28.2. The van der Waals surface area contributed by atoms with Crippen LogP contribution in [0.3, 0.4) is 0 Å². The Morgan fingerprint density at radius 2 is 1.70 bits per heavy atom. The van der Waals surface area contributed by atoms with Crippen LogP contribution in [0.2, 0.25) is 5.02 Å². The van der Waals surface area contributed by atoms with E-state index in [1.807, 2.05) is 12.1 Å². The second kappa shape index (κ2) is 15.1. The summed E-state index contributed by atoms with van der Waals surface area (Å²) in [7, 11) is 1.60. The molecule has 3 aliphatic heterocycles. The normalized spacial score (nSPS) is 20.8. The smallest absolute Gasteiger partial charge is 0.247 e. The van der Waals surface area contributed by atoms with E-state index in [9.17, 15) is 13.6 Å². The van der Waals surface area contributed by atoms with Crippen LogP contribution < -0.4 is 25.3 Å². The predicted molar refractivity (Wildman–Crippen MR) is 190 cm³/mol. The number of amides is 1. The van der Waals surface area contributed by atoms with Gasteiger partial charge in [0, 0.05) is 75.5 Å². The highest BCUT2D eigenvalue weighted by atomic mass is 35.5. The van der Waals surface area contributed by atoms with Crippen LogP contribution in [0.1, 0.15) is 50.1 Å². The number of carbonyl (C=O) groups excluding carboxylic acids is 1. The third-order valence-electron chi connectivity index (χ3n) is 10.5. The summed E-state index contributed by atoms with van der Waals surface area (Å²) in [5.41, 5.74) is 2.26. The number of hydroxylamine groups is 1. The lowest BCUT2D eigenvalue weighted by Crippen LogP contribution is -2.56. The van der Waals surface area contributed by atoms with Crippen molar-refractivity contribution in [2.45, 2.75) is 56.7 Å². The van der Waals surface area contributed by atoms with Crippen LogP contribution >= 0.6 is 11.6 Å². The first-order valence-electron chi connectivity index (χ1n) is 17.4. The molecular weight excluding hydrogens is 666 g/mol. The number of hydrogen-bond donors (Lipinski definition) is 2. The van der Waals surface area contributed by atoms with E-state index < -0.39 is 22.7 Å². The first kappa shape index (κ1) is 34.4. The fourth-order valence-electron chi connectivity index (χ4n) is 7.52. The Morgan fingerprint density at radius 3 is 2.36 bits per heavy atom. The molecule has 2 aromatic carbocycles. The number of rotatable bonds is 10. The number of aromatic nitrogens is 2. The standard InChI is InChI=1S/C36H43ClF2N8O3/c1-3-34(48)43-27-19-28(42-32-21-33(41-22-40-32)47-29(11-18-50-47)25-7-8-26(38)35(37)36(25)39)31(49-2)20-30(27)46-12-9-24(10-13-46)45-16-14-44(15-17-45)23-5-4-6-23/h3,7-8,19-24,29H,1,4-6,9-18H2,2H3,(H,43,48)(H,40,41,42)/t29-/m1/s1. The van der Waals surface area contributed by atoms with E-state index in [1.54, 1.807) is 13.2 Å². The lowest BCUT2D eigenvalue weighted by molar-refractivity contribution is -0.111. The molecule has 1 atom stereocenters. The molecule has 1 amide bonds. The van der Waals surface area contributed by atoms with Gasteiger partial charge in [-0.1, -0.05) is 30.7 Å². The second-order valence-electron chi connectivity index (χ2n) is 13.3. The lowest BCUT2D eigenvalue weighted by Gasteiger charge is -2.46. The fraction of sp³-hybridized carbons (Fsp3) is 0.472. The minimum absolute atomic E-state index is 0.206. The van der Waals surface area contributed by atoms with Gasteiger partial charge in [-0.15, -0.1) is 0 Å². The van der Waals surface area contributed by atoms with Crippen molar-refractivity contribution in [2.75, 3.05) is 73.6 Å². The largest absolute Gasteiger partial charge is 0.494 e. The molecular formula is C36H43ClF2N8O3. The Morgan fingerprint density at radius 1 is 0.980 bits per heavy atom. The number of halogens is 3. The summed E-state index contributed by atoms with van der Waals surface area (Å²) in [5.74, 6) is -0.640. The molecule has 4 fully saturated rings. The minimum Gasteiger partial charge on any atom is -0.494 e. The van der Waals surface area contributed by atoms with Crippen molar-refractivity contribution in [1.29, 1.82) is 0 Å². The molecule has 50 heavy (non-hydrogen) atoms. The molecule has 14 heteroatoms. The van der Waals surface area contributed by atoms with Gasteiger partial charge in [-0.05, 0) is 43.9 Å². The van der Waals surface area contributed by atoms with Crippen molar-refractivity contribution < 1.29 is 23.1 Å². The molecule has 4 aliphatic rings. The number of nitrogens with one attached hydrogen (secondary N) is 2. The third-order valence-corrected chi connectivity index (χ3v) is 10.8. The zero-order chi connectivity index (χ0) is 34.8. The summed E-state index contributed by atoms with van der Waals surface area (Å²) in [5, 5.41) is 7.20. The Bertz CT molecular complexity index is 1710. The van der Waals surface area contributed by atoms with E-state index in [0.29, 0.717) is 47.8 Å². The van der Waals surface area contributed by atoms with Crippen LogP contribution in [0.5, 0.6) is 5.75 Å². The number of anilines is 5. The van der Waals surface area contributed by atoms with Gasteiger partial charge in [0.15, 0.2) is 5.82 Å². The summed E-state index contributed by atoms with van der Waals surface area (Å²) in [6.07, 6.45) is 9.21. The molecule has 0 unspecified atom stereocenters. The maximum absolute atomic E-state index is 15.0. The Kier molecular flexibility index (Phi) is 10.4. The van der Waals surface area contributed by atoms with E-state index in [1.165, 1.54) is 42.8 Å². The lowest BCUT2D eigenvalue weighted by atomic mass is 9.91. The third kappa shape index (κ3) is 7.09. The van der Waals surface area contributed by atoms with Crippen molar-refractivity contribution in [3.63, 3.8) is 0 Å². The van der Waals surface area contributed by atoms with E-state index in [2.05, 4.69) is 41.9 Å². The SMILES string of the molecule is C=CC(=O)Nc1cc(Nc2cc(N3OCC[C@@H]3c3ccc(F)c(Cl)c3F)ncn2)c(OC)cc1N1CCC(N2CCN(C3CCC3)CC2)CC1. The van der Waals surface area contributed by atoms with Gasteiger partial charge in [-0.3, -0.25) is 19.4 Å². The molecule has 1 aliphatic carbocycles. The van der Waals surface area contributed by atoms with Crippen molar-refractivity contribution >= 4 is 46.2 Å². The van der Waals surface area contributed by atoms with Crippen molar-refractivity contribution in [1.82, 2.24) is 19.8 Å². The van der Waals surface area contributed by atoms with E-state index in [-0.39, 0.29) is 11.5 Å². The number of carbonyl (C=O) groups is 1. The van der Waals surface area contributed by atoms with Gasteiger partial charge in [0.1, 0.15) is 34.6 Å². The summed E-state index contributed by atoms with van der Waals surface area (Å²) in [4.78, 5) is 34.8. The van der Waals surface area contributed by atoms with Crippen molar-refractivity contribution in [3.05, 3.63) is 71.5 Å². The van der Waals surface area contributed by atoms with Crippen molar-refractivity contribution in [3.8, 4) is 5.75 Å². The number of piperidine rings is 1. The highest BCUT2D eigenvalue weighted by Crippen LogP contribution is 2.41. The highest BCUT2D eigenvalue weighted by Gasteiger charge is 2.34. The molecule has 1 saturated carbocycles. The number of nitrogens with zero attached hydrogens (tertiary/aromatic N) is 6. The monoisotopic (exact) mass is 708 g/mol. The zero-order valence-corrected chi connectivity index (χ0v) is 29.0. The Balaban J connectivity index is 1.08. The molecule has 11 nitrogen and oxygen atoms in total. The average Bonchev–Trinajstić information content (AvgIpc) is 3.60. The molecule has 0 bridgehead atoms. The molecule has 0 spiro atoms. The van der Waals surface area contributed by atoms with E-state index in [0.717, 1.165) is 69.9 Å². The van der Waals surface area contributed by atoms with Gasteiger partial charge in [0.25, 0.3) is 0 Å². The molecule has 3 aromatic rings. The van der Waals surface area contributed by atoms with Crippen LogP contribution in [-0.4, -0.2) is 90.7 Å². The van der Waals surface area contributed by atoms with E-state index >= 15 is 0 Å². The van der Waals surface area contributed by atoms with Crippen LogP contribution in [0.25, 0.3) is 0 Å². The second-order valence-corrected chi connectivity index (χ2v) is 13.6. The van der Waals surface area contributed by atoms with Gasteiger partial charge in [-0.25, -0.2) is 23.8 Å². The fourth-order valence-corrected chi connectivity index (χ4v) is 7.69. The van der Waals surface area contributed by atoms with E-state index in [4.69, 9.17) is 21.2 Å². The van der Waals surface area contributed by atoms with Crippen LogP contribution in [0.4, 0.5) is 37.5 Å². The first-order chi connectivity index (χ1) is 24.3. The summed E-state index contributed by atoms with van der Waals surface area (Å²) < 4.78 is 34.7. The van der Waals surface area contributed by atoms with Crippen molar-refractivity contribution in [2.24, 2.45) is 0 Å². The van der Waals surface area contributed by atoms with Crippen LogP contribution in [-0.2, 0) is 9.63 Å². The Hall–Kier alpha value is -4.04. The van der Waals surface area contributed by atoms with Crippen LogP contribution in [0, 0.1) is 11.6 Å². The van der Waals surface area contributed by atoms with Gasteiger partial charge in [-0.2, -0.15) is 0 Å². The van der Waals surface area contributed by atoms with Crippen LogP contribution in [0.15, 0.2) is 49.3 Å². The molecule has 0 radical (unpaired) electrons. The quantitative estimate of drug-likeness (QED) is 0.184. The maximum Gasteiger partial charge on any atom is 0.247 e. The molecule has 4 heterocycles. The number of methoxy groups -OCH3 is 1. The number of hydrogen-bond acceptors (Lipinski definition) is 10. The van der Waals surface area contributed by atoms with Gasteiger partial charge >= 0.3 is 0 Å². The summed E-state index contributed by atoms with van der Waals surface area (Å²) in [6.45, 7) is 10.2. The van der Waals surface area contributed by atoms with Gasteiger partial charge < -0.3 is 20.3 Å². The molecule has 1 aromatic heterocycles. The number of ether oxygens (including phenoxy) is 1. The summed E-state index contributed by atoms with van der Waals surface area (Å²) >= 11 is 5.88. The topological polar surface area (TPSA) is 98.3 Å². The molecule has 2 N–H and O–H groups in total. The average molecular weight is 709 g/mol. The number of piperazine rings is 1.